The minimum atomic E-state index is -0.229. The Hall–Kier alpha value is -4.32. The summed E-state index contributed by atoms with van der Waals surface area (Å²) in [6, 6.07) is 25.4. The molecule has 6 nitrogen and oxygen atoms in total. The van der Waals surface area contributed by atoms with Crippen molar-refractivity contribution >= 4 is 17.7 Å². The van der Waals surface area contributed by atoms with Crippen LogP contribution in [-0.4, -0.2) is 22.8 Å². The van der Waals surface area contributed by atoms with Crippen molar-refractivity contribution < 1.29 is 14.3 Å². The van der Waals surface area contributed by atoms with Crippen molar-refractivity contribution in [1.82, 2.24) is 9.78 Å². The van der Waals surface area contributed by atoms with Gasteiger partial charge in [-0.25, -0.2) is 0 Å². The maximum absolute atomic E-state index is 12.4. The number of aromatic nitrogens is 2. The second-order valence-electron chi connectivity index (χ2n) is 7.41. The number of ether oxygens (including phenoxy) is 2. The molecule has 166 valence electrons. The molecule has 0 radical (unpaired) electrons. The normalized spacial score (nSPS) is 10.8. The average Bonchev–Trinajstić information content (AvgIpc) is 3.29. The SMILES string of the molecule is COc1ccc(/C=C/C(=O)Nc2cnn(Cc3ccccc3)c2)cc1COc1ccccc1. The largest absolute Gasteiger partial charge is 0.496 e. The molecule has 4 rings (SSSR count). The number of methoxy groups -OCH3 is 1. The zero-order valence-electron chi connectivity index (χ0n) is 18.3. The number of nitrogens with zero attached hydrogens (tertiary/aromatic N) is 2. The molecule has 1 heterocycles. The number of carbonyl (C=O) groups is 1. The van der Waals surface area contributed by atoms with Crippen molar-refractivity contribution in [3.8, 4) is 11.5 Å². The summed E-state index contributed by atoms with van der Waals surface area (Å²) in [5, 5.41) is 7.15. The molecule has 0 atom stereocenters. The van der Waals surface area contributed by atoms with E-state index in [4.69, 9.17) is 9.47 Å². The monoisotopic (exact) mass is 439 g/mol. The van der Waals surface area contributed by atoms with Crippen molar-refractivity contribution in [1.29, 1.82) is 0 Å². The fourth-order valence-corrected chi connectivity index (χ4v) is 3.33. The number of hydrogen-bond donors (Lipinski definition) is 1. The first kappa shape index (κ1) is 21.9. The fraction of sp³-hybridized carbons (Fsp3) is 0.111. The molecular formula is C27H25N3O3. The van der Waals surface area contributed by atoms with E-state index in [1.807, 2.05) is 85.1 Å². The molecule has 1 N–H and O–H groups in total. The van der Waals surface area contributed by atoms with Crippen LogP contribution >= 0.6 is 0 Å². The van der Waals surface area contributed by atoms with E-state index < -0.39 is 0 Å². The number of anilines is 1. The number of hydrogen-bond acceptors (Lipinski definition) is 4. The fourth-order valence-electron chi connectivity index (χ4n) is 3.33. The molecule has 1 amide bonds. The first-order valence-electron chi connectivity index (χ1n) is 10.6. The first-order valence-corrected chi connectivity index (χ1v) is 10.6. The van der Waals surface area contributed by atoms with E-state index in [9.17, 15) is 4.79 Å². The minimum Gasteiger partial charge on any atom is -0.496 e. The quantitative estimate of drug-likeness (QED) is 0.366. The molecule has 0 saturated heterocycles. The van der Waals surface area contributed by atoms with Gasteiger partial charge >= 0.3 is 0 Å². The highest BCUT2D eigenvalue weighted by atomic mass is 16.5. The van der Waals surface area contributed by atoms with Crippen LogP contribution in [0, 0.1) is 0 Å². The van der Waals surface area contributed by atoms with Crippen LogP contribution in [0.2, 0.25) is 0 Å². The lowest BCUT2D eigenvalue weighted by Gasteiger charge is -2.11. The van der Waals surface area contributed by atoms with Gasteiger partial charge in [-0.15, -0.1) is 0 Å². The minimum absolute atomic E-state index is 0.229. The van der Waals surface area contributed by atoms with Gasteiger partial charge in [-0.3, -0.25) is 9.48 Å². The maximum Gasteiger partial charge on any atom is 0.248 e. The molecular weight excluding hydrogens is 414 g/mol. The molecule has 6 heteroatoms. The highest BCUT2D eigenvalue weighted by Gasteiger charge is 2.06. The summed E-state index contributed by atoms with van der Waals surface area (Å²) in [6.07, 6.45) is 6.71. The molecule has 0 aliphatic heterocycles. The number of benzene rings is 3. The van der Waals surface area contributed by atoms with E-state index in [-0.39, 0.29) is 5.91 Å². The molecule has 3 aromatic carbocycles. The van der Waals surface area contributed by atoms with Gasteiger partial charge in [0.05, 0.1) is 25.5 Å². The van der Waals surface area contributed by atoms with Gasteiger partial charge in [0.2, 0.25) is 5.91 Å². The molecule has 0 aliphatic carbocycles. The number of amides is 1. The number of carbonyl (C=O) groups excluding carboxylic acids is 1. The summed E-state index contributed by atoms with van der Waals surface area (Å²) >= 11 is 0. The second kappa shape index (κ2) is 10.8. The van der Waals surface area contributed by atoms with Crippen molar-refractivity contribution in [2.45, 2.75) is 13.2 Å². The standard InChI is InChI=1S/C27H25N3O3/c1-32-26-14-12-21(16-23(26)20-33-25-10-6-3-7-11-25)13-15-27(31)29-24-17-28-30(19-24)18-22-8-4-2-5-9-22/h2-17,19H,18,20H2,1H3,(H,29,31)/b15-13+. The predicted molar refractivity (Wildman–Crippen MR) is 129 cm³/mol. The average molecular weight is 440 g/mol. The summed E-state index contributed by atoms with van der Waals surface area (Å²) in [6.45, 7) is 1.01. The highest BCUT2D eigenvalue weighted by molar-refractivity contribution is 6.01. The van der Waals surface area contributed by atoms with Gasteiger partial charge in [0.15, 0.2) is 0 Å². The van der Waals surface area contributed by atoms with E-state index >= 15 is 0 Å². The Labute approximate surface area is 193 Å². The maximum atomic E-state index is 12.4. The Bertz CT molecular complexity index is 1220. The van der Waals surface area contributed by atoms with Crippen LogP contribution in [-0.2, 0) is 17.9 Å². The van der Waals surface area contributed by atoms with E-state index in [1.54, 1.807) is 24.1 Å². The molecule has 1 aromatic heterocycles. The number of nitrogens with one attached hydrogen (secondary N) is 1. The molecule has 0 unspecified atom stereocenters. The summed E-state index contributed by atoms with van der Waals surface area (Å²) in [4.78, 5) is 12.4. The first-order chi connectivity index (χ1) is 16.2. The molecule has 0 aliphatic rings. The zero-order valence-corrected chi connectivity index (χ0v) is 18.3. The van der Waals surface area contributed by atoms with E-state index in [2.05, 4.69) is 10.4 Å². The van der Waals surface area contributed by atoms with Crippen molar-refractivity contribution in [3.63, 3.8) is 0 Å². The third kappa shape index (κ3) is 6.33. The topological polar surface area (TPSA) is 65.4 Å². The lowest BCUT2D eigenvalue weighted by Crippen LogP contribution is -2.07. The number of rotatable bonds is 9. The Morgan fingerprint density at radius 2 is 1.79 bits per heavy atom. The molecule has 33 heavy (non-hydrogen) atoms. The number of para-hydroxylation sites is 1. The van der Waals surface area contributed by atoms with Crippen molar-refractivity contribution in [2.75, 3.05) is 12.4 Å². The summed E-state index contributed by atoms with van der Waals surface area (Å²) in [5.74, 6) is 1.29. The molecule has 0 fully saturated rings. The predicted octanol–water partition coefficient (Wildman–Crippen LogP) is 5.17. The van der Waals surface area contributed by atoms with Gasteiger partial charge in [-0.1, -0.05) is 54.6 Å². The molecule has 0 saturated carbocycles. The van der Waals surface area contributed by atoms with E-state index in [0.29, 0.717) is 18.8 Å². The second-order valence-corrected chi connectivity index (χ2v) is 7.41. The van der Waals surface area contributed by atoms with Gasteiger partial charge in [-0.2, -0.15) is 5.10 Å². The Balaban J connectivity index is 1.36. The molecule has 0 spiro atoms. The molecule has 4 aromatic rings. The van der Waals surface area contributed by atoms with Gasteiger partial charge in [-0.05, 0) is 41.5 Å². The summed E-state index contributed by atoms with van der Waals surface area (Å²) in [7, 11) is 1.63. The van der Waals surface area contributed by atoms with Crippen molar-refractivity contribution in [2.24, 2.45) is 0 Å². The Kier molecular flexibility index (Phi) is 7.18. The lowest BCUT2D eigenvalue weighted by atomic mass is 10.1. The van der Waals surface area contributed by atoms with Crippen LogP contribution in [0.25, 0.3) is 6.08 Å². The van der Waals surface area contributed by atoms with Crippen LogP contribution in [0.15, 0.2) is 97.3 Å². The van der Waals surface area contributed by atoms with E-state index in [0.717, 1.165) is 28.2 Å². The van der Waals surface area contributed by atoms with Gasteiger partial charge in [0.25, 0.3) is 0 Å². The third-order valence-corrected chi connectivity index (χ3v) is 4.96. The lowest BCUT2D eigenvalue weighted by molar-refractivity contribution is -0.111. The Morgan fingerprint density at radius 3 is 2.55 bits per heavy atom. The zero-order chi connectivity index (χ0) is 22.9. The third-order valence-electron chi connectivity index (χ3n) is 4.96. The van der Waals surface area contributed by atoms with Gasteiger partial charge in [0, 0.05) is 17.8 Å². The van der Waals surface area contributed by atoms with Gasteiger partial charge < -0.3 is 14.8 Å². The van der Waals surface area contributed by atoms with Crippen LogP contribution < -0.4 is 14.8 Å². The summed E-state index contributed by atoms with van der Waals surface area (Å²) < 4.78 is 13.1. The van der Waals surface area contributed by atoms with Crippen molar-refractivity contribution in [3.05, 3.63) is 114 Å². The summed E-state index contributed by atoms with van der Waals surface area (Å²) in [5.41, 5.74) is 3.56. The smallest absolute Gasteiger partial charge is 0.248 e. The van der Waals surface area contributed by atoms with Crippen LogP contribution in [0.3, 0.4) is 0 Å². The highest BCUT2D eigenvalue weighted by Crippen LogP contribution is 2.23. The Morgan fingerprint density at radius 1 is 1.03 bits per heavy atom. The van der Waals surface area contributed by atoms with Crippen LogP contribution in [0.4, 0.5) is 5.69 Å². The van der Waals surface area contributed by atoms with Crippen LogP contribution in [0.5, 0.6) is 11.5 Å². The van der Waals surface area contributed by atoms with Crippen LogP contribution in [0.1, 0.15) is 16.7 Å². The van der Waals surface area contributed by atoms with E-state index in [1.165, 1.54) is 6.08 Å². The molecule has 0 bridgehead atoms. The van der Waals surface area contributed by atoms with Gasteiger partial charge in [0.1, 0.15) is 18.1 Å².